The first-order chi connectivity index (χ1) is 12.1. The molecular weight excluding hydrogens is 312 g/mol. The number of benzene rings is 1. The normalized spacial score (nSPS) is 14.2. The minimum atomic E-state index is -0.143. The Morgan fingerprint density at radius 2 is 1.96 bits per heavy atom. The van der Waals surface area contributed by atoms with Gasteiger partial charge in [0.15, 0.2) is 0 Å². The molecule has 3 rings (SSSR count). The average molecular weight is 336 g/mol. The van der Waals surface area contributed by atoms with E-state index in [-0.39, 0.29) is 5.91 Å². The minimum Gasteiger partial charge on any atom is -0.357 e. The Bertz CT molecular complexity index is 779. The zero-order valence-corrected chi connectivity index (χ0v) is 14.8. The van der Waals surface area contributed by atoms with E-state index in [9.17, 15) is 4.79 Å². The predicted octanol–water partition coefficient (Wildman–Crippen LogP) is 3.02. The number of nitrogens with one attached hydrogen (secondary N) is 1. The first-order valence-corrected chi connectivity index (χ1v) is 8.73. The molecule has 0 aliphatic carbocycles. The molecule has 5 heteroatoms. The van der Waals surface area contributed by atoms with E-state index in [0.29, 0.717) is 12.4 Å². The Labute approximate surface area is 148 Å². The van der Waals surface area contributed by atoms with Gasteiger partial charge in [0.05, 0.1) is 6.54 Å². The highest BCUT2D eigenvalue weighted by Crippen LogP contribution is 2.18. The summed E-state index contributed by atoms with van der Waals surface area (Å²) in [7, 11) is 0. The highest BCUT2D eigenvalue weighted by molar-refractivity contribution is 5.91. The number of anilines is 1. The van der Waals surface area contributed by atoms with E-state index in [2.05, 4.69) is 20.2 Å². The van der Waals surface area contributed by atoms with Gasteiger partial charge in [-0.1, -0.05) is 24.3 Å². The van der Waals surface area contributed by atoms with Crippen molar-refractivity contribution in [2.45, 2.75) is 33.2 Å². The molecule has 0 atom stereocenters. The van der Waals surface area contributed by atoms with Gasteiger partial charge in [0.2, 0.25) is 5.91 Å². The summed E-state index contributed by atoms with van der Waals surface area (Å²) < 4.78 is 0. The topological polar surface area (TPSA) is 58.1 Å². The standard InChI is InChI=1S/C20H24N4O/c1-15-7-3-4-8-17(15)9-10-20(25)21-14-18-22-16(2)13-19(23-18)24-11-5-6-12-24/h3-4,7-10,13H,5-6,11-12,14H2,1-2H3,(H,21,25)/b10-9+. The summed E-state index contributed by atoms with van der Waals surface area (Å²) in [6, 6.07) is 9.97. The molecule has 130 valence electrons. The molecule has 1 amide bonds. The molecule has 2 aromatic rings. The Morgan fingerprint density at radius 3 is 2.72 bits per heavy atom. The van der Waals surface area contributed by atoms with E-state index in [1.807, 2.05) is 50.3 Å². The maximum Gasteiger partial charge on any atom is 0.244 e. The molecule has 0 bridgehead atoms. The van der Waals surface area contributed by atoms with E-state index < -0.39 is 0 Å². The molecule has 1 fully saturated rings. The van der Waals surface area contributed by atoms with Crippen molar-refractivity contribution in [1.29, 1.82) is 0 Å². The molecule has 2 heterocycles. The van der Waals surface area contributed by atoms with Gasteiger partial charge in [0, 0.05) is 30.9 Å². The molecule has 1 aromatic carbocycles. The van der Waals surface area contributed by atoms with Gasteiger partial charge in [-0.05, 0) is 43.9 Å². The summed E-state index contributed by atoms with van der Waals surface area (Å²) in [5.74, 6) is 1.47. The Balaban J connectivity index is 1.61. The predicted molar refractivity (Wildman–Crippen MR) is 100 cm³/mol. The van der Waals surface area contributed by atoms with Crippen molar-refractivity contribution < 1.29 is 4.79 Å². The van der Waals surface area contributed by atoms with E-state index in [0.717, 1.165) is 35.7 Å². The van der Waals surface area contributed by atoms with Crippen molar-refractivity contribution in [2.24, 2.45) is 0 Å². The van der Waals surface area contributed by atoms with Gasteiger partial charge >= 0.3 is 0 Å². The van der Waals surface area contributed by atoms with Gasteiger partial charge in [-0.15, -0.1) is 0 Å². The Hall–Kier alpha value is -2.69. The fourth-order valence-electron chi connectivity index (χ4n) is 2.96. The molecule has 0 saturated carbocycles. The fourth-order valence-corrected chi connectivity index (χ4v) is 2.96. The second kappa shape index (κ2) is 7.92. The lowest BCUT2D eigenvalue weighted by atomic mass is 10.1. The van der Waals surface area contributed by atoms with E-state index >= 15 is 0 Å². The van der Waals surface area contributed by atoms with Crippen LogP contribution < -0.4 is 10.2 Å². The molecule has 5 nitrogen and oxygen atoms in total. The summed E-state index contributed by atoms with van der Waals surface area (Å²) >= 11 is 0. The summed E-state index contributed by atoms with van der Waals surface area (Å²) in [4.78, 5) is 23.4. The third-order valence-corrected chi connectivity index (χ3v) is 4.34. The van der Waals surface area contributed by atoms with Gasteiger partial charge in [0.25, 0.3) is 0 Å². The van der Waals surface area contributed by atoms with Crippen LogP contribution in [0.2, 0.25) is 0 Å². The molecule has 0 spiro atoms. The molecule has 1 saturated heterocycles. The largest absolute Gasteiger partial charge is 0.357 e. The van der Waals surface area contributed by atoms with Crippen LogP contribution in [0.15, 0.2) is 36.4 Å². The van der Waals surface area contributed by atoms with Gasteiger partial charge in [0.1, 0.15) is 11.6 Å². The summed E-state index contributed by atoms with van der Waals surface area (Å²) in [6.45, 7) is 6.41. The van der Waals surface area contributed by atoms with E-state index in [1.165, 1.54) is 12.8 Å². The maximum atomic E-state index is 12.1. The van der Waals surface area contributed by atoms with Gasteiger partial charge < -0.3 is 10.2 Å². The average Bonchev–Trinajstić information content (AvgIpc) is 3.13. The number of amides is 1. The molecule has 1 aliphatic rings. The van der Waals surface area contributed by atoms with Crippen LogP contribution in [0.25, 0.3) is 6.08 Å². The van der Waals surface area contributed by atoms with Crippen LogP contribution >= 0.6 is 0 Å². The monoisotopic (exact) mass is 336 g/mol. The molecule has 25 heavy (non-hydrogen) atoms. The van der Waals surface area contributed by atoms with Crippen LogP contribution in [0.1, 0.15) is 35.5 Å². The van der Waals surface area contributed by atoms with Crippen molar-refractivity contribution in [3.63, 3.8) is 0 Å². The third kappa shape index (κ3) is 4.66. The van der Waals surface area contributed by atoms with Crippen molar-refractivity contribution in [1.82, 2.24) is 15.3 Å². The van der Waals surface area contributed by atoms with Gasteiger partial charge in [-0.2, -0.15) is 0 Å². The SMILES string of the molecule is Cc1cc(N2CCCC2)nc(CNC(=O)/C=C/c2ccccc2C)n1. The summed E-state index contributed by atoms with van der Waals surface area (Å²) in [6.07, 6.45) is 5.80. The van der Waals surface area contributed by atoms with Crippen molar-refractivity contribution >= 4 is 17.8 Å². The molecule has 1 aromatic heterocycles. The van der Waals surface area contributed by atoms with Gasteiger partial charge in [-0.3, -0.25) is 4.79 Å². The molecule has 1 N–H and O–H groups in total. The summed E-state index contributed by atoms with van der Waals surface area (Å²) in [5.41, 5.74) is 3.11. The van der Waals surface area contributed by atoms with Crippen LogP contribution in [-0.2, 0) is 11.3 Å². The second-order valence-corrected chi connectivity index (χ2v) is 6.39. The lowest BCUT2D eigenvalue weighted by molar-refractivity contribution is -0.116. The first-order valence-electron chi connectivity index (χ1n) is 8.73. The number of aromatic nitrogens is 2. The Kier molecular flexibility index (Phi) is 5.43. The highest BCUT2D eigenvalue weighted by Gasteiger charge is 2.15. The van der Waals surface area contributed by atoms with Crippen LogP contribution in [0.4, 0.5) is 5.82 Å². The zero-order valence-electron chi connectivity index (χ0n) is 14.8. The number of carbonyl (C=O) groups is 1. The number of hydrogen-bond acceptors (Lipinski definition) is 4. The number of aryl methyl sites for hydroxylation is 2. The van der Waals surface area contributed by atoms with Crippen LogP contribution in [0.5, 0.6) is 0 Å². The van der Waals surface area contributed by atoms with Crippen molar-refractivity contribution in [3.8, 4) is 0 Å². The first kappa shape index (κ1) is 17.1. The quantitative estimate of drug-likeness (QED) is 0.853. The lowest BCUT2D eigenvalue weighted by Gasteiger charge is -2.17. The second-order valence-electron chi connectivity index (χ2n) is 6.39. The molecular formula is C20H24N4O. The smallest absolute Gasteiger partial charge is 0.244 e. The zero-order chi connectivity index (χ0) is 17.6. The molecule has 1 aliphatic heterocycles. The third-order valence-electron chi connectivity index (χ3n) is 4.34. The number of carbonyl (C=O) groups excluding carboxylic acids is 1. The Morgan fingerprint density at radius 1 is 1.20 bits per heavy atom. The number of rotatable bonds is 5. The molecule has 0 unspecified atom stereocenters. The van der Waals surface area contributed by atoms with Crippen LogP contribution in [0.3, 0.4) is 0 Å². The molecule has 0 radical (unpaired) electrons. The number of nitrogens with zero attached hydrogens (tertiary/aromatic N) is 3. The van der Waals surface area contributed by atoms with E-state index in [4.69, 9.17) is 0 Å². The number of hydrogen-bond donors (Lipinski definition) is 1. The fraction of sp³-hybridized carbons (Fsp3) is 0.350. The van der Waals surface area contributed by atoms with Crippen molar-refractivity contribution in [3.05, 3.63) is 59.1 Å². The highest BCUT2D eigenvalue weighted by atomic mass is 16.1. The van der Waals surface area contributed by atoms with Crippen LogP contribution in [0, 0.1) is 13.8 Å². The van der Waals surface area contributed by atoms with E-state index in [1.54, 1.807) is 6.08 Å². The van der Waals surface area contributed by atoms with Crippen LogP contribution in [-0.4, -0.2) is 29.0 Å². The summed E-state index contributed by atoms with van der Waals surface area (Å²) in [5, 5.41) is 2.86. The lowest BCUT2D eigenvalue weighted by Crippen LogP contribution is -2.24. The minimum absolute atomic E-state index is 0.143. The van der Waals surface area contributed by atoms with Gasteiger partial charge in [-0.25, -0.2) is 9.97 Å². The van der Waals surface area contributed by atoms with Crippen molar-refractivity contribution in [2.75, 3.05) is 18.0 Å². The maximum absolute atomic E-state index is 12.1.